The second-order valence-electron chi connectivity index (χ2n) is 4.56. The number of halogens is 1. The number of amides is 1. The van der Waals surface area contributed by atoms with E-state index >= 15 is 0 Å². The molecule has 2 aromatic rings. The topological polar surface area (TPSA) is 49.3 Å². The average Bonchev–Trinajstić information content (AvgIpc) is 2.47. The van der Waals surface area contributed by atoms with E-state index in [1.54, 1.807) is 18.2 Å². The SMILES string of the molecule is O=C(NC(CBr)Cc1ccccc1)c1cccc(O)c1. The Morgan fingerprint density at radius 1 is 1.15 bits per heavy atom. The third-order valence-electron chi connectivity index (χ3n) is 2.95. The number of rotatable bonds is 5. The smallest absolute Gasteiger partial charge is 0.251 e. The van der Waals surface area contributed by atoms with Gasteiger partial charge in [-0.25, -0.2) is 0 Å². The van der Waals surface area contributed by atoms with Crippen molar-refractivity contribution in [1.29, 1.82) is 0 Å². The molecular formula is C16H16BrNO2. The van der Waals surface area contributed by atoms with Crippen LogP contribution in [0.15, 0.2) is 54.6 Å². The molecule has 0 bridgehead atoms. The second-order valence-corrected chi connectivity index (χ2v) is 5.21. The summed E-state index contributed by atoms with van der Waals surface area (Å²) in [6.45, 7) is 0. The van der Waals surface area contributed by atoms with Gasteiger partial charge in [-0.15, -0.1) is 0 Å². The molecule has 3 nitrogen and oxygen atoms in total. The maximum Gasteiger partial charge on any atom is 0.251 e. The first-order chi connectivity index (χ1) is 9.69. The molecule has 0 aliphatic rings. The second kappa shape index (κ2) is 7.10. The van der Waals surface area contributed by atoms with Gasteiger partial charge in [0.05, 0.1) is 0 Å². The molecule has 4 heteroatoms. The van der Waals surface area contributed by atoms with E-state index in [9.17, 15) is 9.90 Å². The van der Waals surface area contributed by atoms with Crippen molar-refractivity contribution in [3.8, 4) is 5.75 Å². The number of hydrogen-bond acceptors (Lipinski definition) is 2. The van der Waals surface area contributed by atoms with Crippen LogP contribution in [0.2, 0.25) is 0 Å². The Kier molecular flexibility index (Phi) is 5.18. The molecule has 0 heterocycles. The fourth-order valence-electron chi connectivity index (χ4n) is 1.96. The van der Waals surface area contributed by atoms with Crippen LogP contribution in [-0.4, -0.2) is 22.4 Å². The fourth-order valence-corrected chi connectivity index (χ4v) is 2.35. The molecule has 0 saturated carbocycles. The van der Waals surface area contributed by atoms with Crippen LogP contribution in [-0.2, 0) is 6.42 Å². The summed E-state index contributed by atoms with van der Waals surface area (Å²) < 4.78 is 0. The molecule has 1 unspecified atom stereocenters. The van der Waals surface area contributed by atoms with Gasteiger partial charge < -0.3 is 10.4 Å². The Labute approximate surface area is 126 Å². The van der Waals surface area contributed by atoms with Crippen molar-refractivity contribution in [2.75, 3.05) is 5.33 Å². The van der Waals surface area contributed by atoms with Gasteiger partial charge in [-0.3, -0.25) is 4.79 Å². The zero-order valence-corrected chi connectivity index (χ0v) is 12.5. The van der Waals surface area contributed by atoms with Crippen LogP contribution in [0.5, 0.6) is 5.75 Å². The van der Waals surface area contributed by atoms with E-state index < -0.39 is 0 Å². The molecule has 2 rings (SSSR count). The summed E-state index contributed by atoms with van der Waals surface area (Å²) in [6.07, 6.45) is 0.761. The molecule has 0 aromatic heterocycles. The highest BCUT2D eigenvalue weighted by Gasteiger charge is 2.13. The van der Waals surface area contributed by atoms with Crippen molar-refractivity contribution in [2.24, 2.45) is 0 Å². The molecule has 1 atom stereocenters. The zero-order valence-electron chi connectivity index (χ0n) is 10.9. The first kappa shape index (κ1) is 14.6. The number of phenolic OH excluding ortho intramolecular Hbond substituents is 1. The number of benzene rings is 2. The van der Waals surface area contributed by atoms with Crippen molar-refractivity contribution in [3.63, 3.8) is 0 Å². The molecule has 0 spiro atoms. The predicted octanol–water partition coefficient (Wildman–Crippen LogP) is 3.13. The summed E-state index contributed by atoms with van der Waals surface area (Å²) in [7, 11) is 0. The maximum absolute atomic E-state index is 12.1. The van der Waals surface area contributed by atoms with Gasteiger partial charge in [0.25, 0.3) is 5.91 Å². The Morgan fingerprint density at radius 3 is 2.55 bits per heavy atom. The average molecular weight is 334 g/mol. The van der Waals surface area contributed by atoms with Crippen LogP contribution in [0, 0.1) is 0 Å². The summed E-state index contributed by atoms with van der Waals surface area (Å²) in [5.41, 5.74) is 1.64. The van der Waals surface area contributed by atoms with Crippen molar-refractivity contribution < 1.29 is 9.90 Å². The van der Waals surface area contributed by atoms with Gasteiger partial charge >= 0.3 is 0 Å². The van der Waals surface area contributed by atoms with Crippen molar-refractivity contribution in [3.05, 3.63) is 65.7 Å². The zero-order chi connectivity index (χ0) is 14.4. The first-order valence-electron chi connectivity index (χ1n) is 6.39. The Bertz CT molecular complexity index is 572. The van der Waals surface area contributed by atoms with Gasteiger partial charge in [0.1, 0.15) is 5.75 Å². The van der Waals surface area contributed by atoms with Gasteiger partial charge in [-0.05, 0) is 30.2 Å². The highest BCUT2D eigenvalue weighted by molar-refractivity contribution is 9.09. The molecule has 2 aromatic carbocycles. The van der Waals surface area contributed by atoms with Crippen LogP contribution in [0.4, 0.5) is 0 Å². The molecular weight excluding hydrogens is 318 g/mol. The number of alkyl halides is 1. The summed E-state index contributed by atoms with van der Waals surface area (Å²) in [6, 6.07) is 16.4. The highest BCUT2D eigenvalue weighted by Crippen LogP contribution is 2.12. The van der Waals surface area contributed by atoms with Crippen molar-refractivity contribution in [1.82, 2.24) is 5.32 Å². The van der Waals surface area contributed by atoms with Gasteiger partial charge in [-0.1, -0.05) is 52.3 Å². The molecule has 2 N–H and O–H groups in total. The number of carbonyl (C=O) groups excluding carboxylic acids is 1. The molecule has 0 aliphatic heterocycles. The minimum absolute atomic E-state index is 0.00671. The summed E-state index contributed by atoms with van der Waals surface area (Å²) in [4.78, 5) is 12.1. The maximum atomic E-state index is 12.1. The van der Waals surface area contributed by atoms with E-state index in [2.05, 4.69) is 21.2 Å². The van der Waals surface area contributed by atoms with E-state index in [4.69, 9.17) is 0 Å². The normalized spacial score (nSPS) is 11.8. The number of hydrogen-bond donors (Lipinski definition) is 2. The number of aromatic hydroxyl groups is 1. The van der Waals surface area contributed by atoms with Gasteiger partial charge in [-0.2, -0.15) is 0 Å². The lowest BCUT2D eigenvalue weighted by Crippen LogP contribution is -2.37. The lowest BCUT2D eigenvalue weighted by molar-refractivity contribution is 0.0940. The number of nitrogens with one attached hydrogen (secondary N) is 1. The highest BCUT2D eigenvalue weighted by atomic mass is 79.9. The molecule has 0 saturated heterocycles. The Hall–Kier alpha value is -1.81. The molecule has 0 aliphatic carbocycles. The van der Waals surface area contributed by atoms with E-state index in [-0.39, 0.29) is 17.7 Å². The van der Waals surface area contributed by atoms with Crippen LogP contribution in [0.3, 0.4) is 0 Å². The van der Waals surface area contributed by atoms with Gasteiger partial charge in [0.2, 0.25) is 0 Å². The predicted molar refractivity (Wildman–Crippen MR) is 83.3 cm³/mol. The minimum Gasteiger partial charge on any atom is -0.508 e. The van der Waals surface area contributed by atoms with E-state index in [1.165, 1.54) is 11.6 Å². The lowest BCUT2D eigenvalue weighted by atomic mass is 10.1. The van der Waals surface area contributed by atoms with E-state index in [0.717, 1.165) is 6.42 Å². The monoisotopic (exact) mass is 333 g/mol. The van der Waals surface area contributed by atoms with Gasteiger partial charge in [0, 0.05) is 16.9 Å². The number of phenols is 1. The summed E-state index contributed by atoms with van der Waals surface area (Å²) >= 11 is 3.42. The number of carbonyl (C=O) groups is 1. The molecule has 20 heavy (non-hydrogen) atoms. The first-order valence-corrected chi connectivity index (χ1v) is 7.51. The molecule has 104 valence electrons. The fraction of sp³-hybridized carbons (Fsp3) is 0.188. The van der Waals surface area contributed by atoms with Crippen LogP contribution in [0.25, 0.3) is 0 Å². The quantitative estimate of drug-likeness (QED) is 0.826. The Morgan fingerprint density at radius 2 is 1.90 bits per heavy atom. The van der Waals surface area contributed by atoms with Gasteiger partial charge in [0.15, 0.2) is 0 Å². The van der Waals surface area contributed by atoms with E-state index in [1.807, 2.05) is 30.3 Å². The van der Waals surface area contributed by atoms with E-state index in [0.29, 0.717) is 10.9 Å². The minimum atomic E-state index is -0.179. The third kappa shape index (κ3) is 4.10. The summed E-state index contributed by atoms with van der Waals surface area (Å²) in [5, 5.41) is 13.0. The Balaban J connectivity index is 2.01. The van der Waals surface area contributed by atoms with Crippen molar-refractivity contribution >= 4 is 21.8 Å². The summed E-state index contributed by atoms with van der Waals surface area (Å²) in [5.74, 6) is -0.0858. The van der Waals surface area contributed by atoms with Crippen LogP contribution < -0.4 is 5.32 Å². The van der Waals surface area contributed by atoms with Crippen LogP contribution >= 0.6 is 15.9 Å². The third-order valence-corrected chi connectivity index (χ3v) is 3.74. The molecule has 0 radical (unpaired) electrons. The van der Waals surface area contributed by atoms with Crippen LogP contribution in [0.1, 0.15) is 15.9 Å². The molecule has 1 amide bonds. The lowest BCUT2D eigenvalue weighted by Gasteiger charge is -2.16. The standard InChI is InChI=1S/C16H16BrNO2/c17-11-14(9-12-5-2-1-3-6-12)18-16(20)13-7-4-8-15(19)10-13/h1-8,10,14,19H,9,11H2,(H,18,20). The molecule has 0 fully saturated rings. The van der Waals surface area contributed by atoms with Crippen molar-refractivity contribution in [2.45, 2.75) is 12.5 Å². The largest absolute Gasteiger partial charge is 0.508 e.